The first-order chi connectivity index (χ1) is 9.82. The van der Waals surface area contributed by atoms with Crippen LogP contribution in [0.1, 0.15) is 5.82 Å². The smallest absolute Gasteiger partial charge is 0.246 e. The number of nitrogens with zero attached hydrogens (tertiary/aromatic N) is 5. The Kier molecular flexibility index (Phi) is 4.12. The third-order valence-corrected chi connectivity index (χ3v) is 2.78. The van der Waals surface area contributed by atoms with Crippen LogP contribution in [0.3, 0.4) is 0 Å². The van der Waals surface area contributed by atoms with Gasteiger partial charge in [-0.2, -0.15) is 0 Å². The van der Waals surface area contributed by atoms with Crippen LogP contribution in [0.5, 0.6) is 0 Å². The second-order valence-electron chi connectivity index (χ2n) is 4.24. The Hall–Kier alpha value is -2.56. The molecule has 0 spiro atoms. The molecule has 0 saturated carbocycles. The number of carbonyl (C=O) groups is 1. The molecule has 0 aliphatic heterocycles. The Bertz CT molecular complexity index is 738. The van der Waals surface area contributed by atoms with Crippen molar-refractivity contribution >= 4 is 27.4 Å². The van der Waals surface area contributed by atoms with Gasteiger partial charge in [0, 0.05) is 0 Å². The molecule has 10 nitrogen and oxygen atoms in total. The standard InChI is InChI=1S/C10H13N7O3S/c1-7-11-3-8(4-12-7)13-10(18)6-17-5-9(14-16-17)15-21(2,19)20/h3-5,15H,6H2,1-2H3,(H,13,18). The number of hydrogen-bond donors (Lipinski definition) is 2. The van der Waals surface area contributed by atoms with Gasteiger partial charge < -0.3 is 5.32 Å². The van der Waals surface area contributed by atoms with Crippen molar-refractivity contribution in [1.29, 1.82) is 0 Å². The zero-order chi connectivity index (χ0) is 15.5. The van der Waals surface area contributed by atoms with E-state index in [0.29, 0.717) is 11.5 Å². The molecule has 2 heterocycles. The van der Waals surface area contributed by atoms with E-state index in [0.717, 1.165) is 6.26 Å². The highest BCUT2D eigenvalue weighted by Gasteiger charge is 2.09. The molecule has 2 rings (SSSR count). The van der Waals surface area contributed by atoms with Crippen LogP contribution in [0.25, 0.3) is 0 Å². The van der Waals surface area contributed by atoms with Gasteiger partial charge >= 0.3 is 0 Å². The van der Waals surface area contributed by atoms with Crippen molar-refractivity contribution < 1.29 is 13.2 Å². The van der Waals surface area contributed by atoms with Gasteiger partial charge in [0.1, 0.15) is 12.4 Å². The molecule has 0 unspecified atom stereocenters. The monoisotopic (exact) mass is 311 g/mol. The van der Waals surface area contributed by atoms with E-state index < -0.39 is 10.0 Å². The second kappa shape index (κ2) is 5.83. The maximum Gasteiger partial charge on any atom is 0.246 e. The number of anilines is 2. The maximum atomic E-state index is 11.8. The summed E-state index contributed by atoms with van der Waals surface area (Å²) in [6.07, 6.45) is 5.28. The van der Waals surface area contributed by atoms with Crippen LogP contribution in [0.2, 0.25) is 0 Å². The van der Waals surface area contributed by atoms with Crippen molar-refractivity contribution in [3.05, 3.63) is 24.4 Å². The molecule has 11 heteroatoms. The second-order valence-corrected chi connectivity index (χ2v) is 5.99. The largest absolute Gasteiger partial charge is 0.322 e. The molecule has 1 amide bonds. The normalized spacial score (nSPS) is 11.1. The molecule has 0 aromatic carbocycles. The van der Waals surface area contributed by atoms with Crippen molar-refractivity contribution in [2.24, 2.45) is 0 Å². The van der Waals surface area contributed by atoms with Crippen LogP contribution in [-0.4, -0.2) is 45.5 Å². The number of nitrogens with one attached hydrogen (secondary N) is 2. The zero-order valence-electron chi connectivity index (χ0n) is 11.3. The Morgan fingerprint density at radius 1 is 1.33 bits per heavy atom. The van der Waals surface area contributed by atoms with Gasteiger partial charge in [-0.3, -0.25) is 9.52 Å². The lowest BCUT2D eigenvalue weighted by atomic mass is 10.4. The fourth-order valence-electron chi connectivity index (χ4n) is 1.42. The lowest BCUT2D eigenvalue weighted by molar-refractivity contribution is -0.116. The van der Waals surface area contributed by atoms with Crippen LogP contribution < -0.4 is 10.0 Å². The quantitative estimate of drug-likeness (QED) is 0.752. The number of rotatable bonds is 5. The Morgan fingerprint density at radius 3 is 2.62 bits per heavy atom. The summed E-state index contributed by atoms with van der Waals surface area (Å²) >= 11 is 0. The van der Waals surface area contributed by atoms with Gasteiger partial charge in [0.2, 0.25) is 15.9 Å². The lowest BCUT2D eigenvalue weighted by Crippen LogP contribution is -2.19. The lowest BCUT2D eigenvalue weighted by Gasteiger charge is -2.04. The van der Waals surface area contributed by atoms with E-state index in [1.165, 1.54) is 23.3 Å². The molecule has 112 valence electrons. The maximum absolute atomic E-state index is 11.8. The van der Waals surface area contributed by atoms with Crippen LogP contribution in [0.4, 0.5) is 11.5 Å². The molecule has 0 aliphatic carbocycles. The van der Waals surface area contributed by atoms with E-state index in [1.807, 2.05) is 0 Å². The summed E-state index contributed by atoms with van der Waals surface area (Å²) in [6.45, 7) is 1.61. The summed E-state index contributed by atoms with van der Waals surface area (Å²) in [5.74, 6) is 0.281. The molecular weight excluding hydrogens is 298 g/mol. The van der Waals surface area contributed by atoms with E-state index in [4.69, 9.17) is 0 Å². The first kappa shape index (κ1) is 14.8. The van der Waals surface area contributed by atoms with E-state index in [2.05, 4.69) is 30.3 Å². The van der Waals surface area contributed by atoms with E-state index >= 15 is 0 Å². The van der Waals surface area contributed by atoms with Crippen LogP contribution in [0, 0.1) is 6.92 Å². The molecule has 2 aromatic heterocycles. The van der Waals surface area contributed by atoms with Crippen LogP contribution in [0.15, 0.2) is 18.6 Å². The first-order valence-corrected chi connectivity index (χ1v) is 7.67. The molecule has 0 radical (unpaired) electrons. The van der Waals surface area contributed by atoms with E-state index in [1.54, 1.807) is 6.92 Å². The van der Waals surface area contributed by atoms with Crippen LogP contribution in [-0.2, 0) is 21.4 Å². The summed E-state index contributed by atoms with van der Waals surface area (Å²) in [7, 11) is -3.43. The number of amides is 1. The molecular formula is C10H13N7O3S. The number of sulfonamides is 1. The summed E-state index contributed by atoms with van der Waals surface area (Å²) in [4.78, 5) is 19.7. The summed E-state index contributed by atoms with van der Waals surface area (Å²) < 4.78 is 25.4. The fraction of sp³-hybridized carbons (Fsp3) is 0.300. The minimum Gasteiger partial charge on any atom is -0.322 e. The van der Waals surface area contributed by atoms with Gasteiger partial charge in [0.25, 0.3) is 0 Å². The minimum absolute atomic E-state index is 0.0453. The summed E-state index contributed by atoms with van der Waals surface area (Å²) in [6, 6.07) is 0. The molecule has 0 bridgehead atoms. The SMILES string of the molecule is Cc1ncc(NC(=O)Cn2cc(NS(C)(=O)=O)nn2)cn1. The molecule has 21 heavy (non-hydrogen) atoms. The van der Waals surface area contributed by atoms with Gasteiger partial charge in [-0.15, -0.1) is 5.10 Å². The number of hydrogen-bond acceptors (Lipinski definition) is 7. The van der Waals surface area contributed by atoms with Crippen molar-refractivity contribution in [3.8, 4) is 0 Å². The minimum atomic E-state index is -3.43. The number of aromatic nitrogens is 5. The van der Waals surface area contributed by atoms with Crippen LogP contribution >= 0.6 is 0 Å². The molecule has 0 atom stereocenters. The molecule has 2 aromatic rings. The highest BCUT2D eigenvalue weighted by molar-refractivity contribution is 7.92. The summed E-state index contributed by atoms with van der Waals surface area (Å²) in [5, 5.41) is 9.82. The third-order valence-electron chi connectivity index (χ3n) is 2.20. The molecule has 0 fully saturated rings. The molecule has 0 saturated heterocycles. The van der Waals surface area contributed by atoms with Crippen molar-refractivity contribution in [2.75, 3.05) is 16.3 Å². The fourth-order valence-corrected chi connectivity index (χ4v) is 1.89. The topological polar surface area (TPSA) is 132 Å². The van der Waals surface area contributed by atoms with Gasteiger partial charge in [0.15, 0.2) is 5.82 Å². The van der Waals surface area contributed by atoms with Crippen molar-refractivity contribution in [1.82, 2.24) is 25.0 Å². The van der Waals surface area contributed by atoms with Gasteiger partial charge in [-0.25, -0.2) is 23.1 Å². The molecule has 0 aliphatic rings. The Labute approximate surface area is 120 Å². The van der Waals surface area contributed by atoms with E-state index in [9.17, 15) is 13.2 Å². The van der Waals surface area contributed by atoms with Crippen molar-refractivity contribution in [3.63, 3.8) is 0 Å². The van der Waals surface area contributed by atoms with Gasteiger partial charge in [-0.1, -0.05) is 5.21 Å². The average molecular weight is 311 g/mol. The average Bonchev–Trinajstić information content (AvgIpc) is 2.77. The van der Waals surface area contributed by atoms with Gasteiger partial charge in [0.05, 0.1) is 30.5 Å². The van der Waals surface area contributed by atoms with E-state index in [-0.39, 0.29) is 18.3 Å². The molecule has 2 N–H and O–H groups in total. The van der Waals surface area contributed by atoms with Gasteiger partial charge in [-0.05, 0) is 6.92 Å². The highest BCUT2D eigenvalue weighted by Crippen LogP contribution is 2.04. The predicted octanol–water partition coefficient (Wildman–Crippen LogP) is -0.613. The zero-order valence-corrected chi connectivity index (χ0v) is 12.1. The Balaban J connectivity index is 1.95. The predicted molar refractivity (Wildman–Crippen MR) is 73.9 cm³/mol. The first-order valence-electron chi connectivity index (χ1n) is 5.78. The summed E-state index contributed by atoms with van der Waals surface area (Å²) in [5.41, 5.74) is 0.459. The highest BCUT2D eigenvalue weighted by atomic mass is 32.2. The Morgan fingerprint density at radius 2 is 2.00 bits per heavy atom. The number of aryl methyl sites for hydroxylation is 1. The van der Waals surface area contributed by atoms with Crippen molar-refractivity contribution in [2.45, 2.75) is 13.5 Å². The third kappa shape index (κ3) is 4.80. The number of carbonyl (C=O) groups excluding carboxylic acids is 1.